The smallest absolute Gasteiger partial charge is 0.334 e. The first kappa shape index (κ1) is 33.0. The maximum atomic E-state index is 13.9. The number of phenolic OH excluding ortho intramolecular Hbond substituents is 2. The van der Waals surface area contributed by atoms with Crippen LogP contribution in [0.1, 0.15) is 56.4 Å². The molecule has 252 valence electrons. The van der Waals surface area contributed by atoms with Gasteiger partial charge in [0, 0.05) is 35.7 Å². The second-order valence-corrected chi connectivity index (χ2v) is 12.8. The molecule has 1 fully saturated rings. The summed E-state index contributed by atoms with van der Waals surface area (Å²) >= 11 is 0. The Morgan fingerprint density at radius 2 is 1.94 bits per heavy atom. The highest BCUT2D eigenvalue weighted by atomic mass is 16.6. The first-order valence-electron chi connectivity index (χ1n) is 16.2. The van der Waals surface area contributed by atoms with E-state index in [1.807, 2.05) is 6.92 Å². The summed E-state index contributed by atoms with van der Waals surface area (Å²) in [4.78, 5) is 31.5. The average molecular weight is 657 g/mol. The summed E-state index contributed by atoms with van der Waals surface area (Å²) in [6.07, 6.45) is 6.39. The van der Waals surface area contributed by atoms with E-state index in [9.17, 15) is 30.0 Å². The SMILES string of the molecule is CC=C(C(=O)OC1Cc2c(c(-c3cccc(O)c3)c3oc(CO)cc(=O)c3c2O)OC1(C)C(CO)Cc1ccc(N)nc1)C1CCCC1. The van der Waals surface area contributed by atoms with Crippen molar-refractivity contribution >= 4 is 22.8 Å². The van der Waals surface area contributed by atoms with Crippen molar-refractivity contribution in [2.45, 2.75) is 70.7 Å². The maximum absolute atomic E-state index is 13.9. The number of carbonyl (C=O) groups excluding carboxylic acids is 1. The molecule has 2 aliphatic rings. The number of phenols is 2. The van der Waals surface area contributed by atoms with Crippen LogP contribution in [0.2, 0.25) is 0 Å². The fraction of sp³-hybridized carbons (Fsp3) is 0.378. The third-order valence-corrected chi connectivity index (χ3v) is 9.84. The van der Waals surface area contributed by atoms with Gasteiger partial charge in [-0.15, -0.1) is 0 Å². The van der Waals surface area contributed by atoms with Crippen LogP contribution >= 0.6 is 0 Å². The number of aromatic hydroxyl groups is 2. The van der Waals surface area contributed by atoms with Crippen LogP contribution in [0.5, 0.6) is 17.2 Å². The van der Waals surface area contributed by atoms with Gasteiger partial charge in [0.15, 0.2) is 11.0 Å². The molecule has 2 aromatic carbocycles. The number of esters is 1. The highest BCUT2D eigenvalue weighted by Gasteiger charge is 2.51. The molecule has 6 rings (SSSR count). The number of hydrogen-bond acceptors (Lipinski definition) is 11. The Balaban J connectivity index is 1.56. The van der Waals surface area contributed by atoms with Gasteiger partial charge in [-0.05, 0) is 68.4 Å². The van der Waals surface area contributed by atoms with Gasteiger partial charge in [0.05, 0.1) is 12.2 Å². The molecule has 0 spiro atoms. The number of aromatic nitrogens is 1. The van der Waals surface area contributed by atoms with E-state index in [2.05, 4.69) is 4.98 Å². The molecule has 3 heterocycles. The van der Waals surface area contributed by atoms with Crippen LogP contribution in [0.15, 0.2) is 69.5 Å². The van der Waals surface area contributed by atoms with Crippen LogP contribution in [-0.2, 0) is 29.0 Å². The van der Waals surface area contributed by atoms with E-state index in [4.69, 9.17) is 19.6 Å². The fourth-order valence-corrected chi connectivity index (χ4v) is 7.18. The maximum Gasteiger partial charge on any atom is 0.334 e. The molecule has 0 bridgehead atoms. The number of aliphatic hydroxyl groups is 2. The predicted molar refractivity (Wildman–Crippen MR) is 178 cm³/mol. The lowest BCUT2D eigenvalue weighted by atomic mass is 9.76. The number of nitrogens with two attached hydrogens (primary N) is 1. The number of nitrogen functional groups attached to an aromatic ring is 1. The van der Waals surface area contributed by atoms with Crippen molar-refractivity contribution in [3.63, 3.8) is 0 Å². The first-order chi connectivity index (χ1) is 23.1. The zero-order valence-electron chi connectivity index (χ0n) is 26.9. The highest BCUT2D eigenvalue weighted by molar-refractivity contribution is 6.01. The first-order valence-corrected chi connectivity index (χ1v) is 16.2. The van der Waals surface area contributed by atoms with Gasteiger partial charge < -0.3 is 40.1 Å². The molecule has 0 amide bonds. The number of benzene rings is 2. The number of anilines is 1. The minimum absolute atomic E-state index is 0.0338. The third kappa shape index (κ3) is 5.99. The number of hydrogen-bond donors (Lipinski definition) is 5. The minimum atomic E-state index is -1.39. The van der Waals surface area contributed by atoms with E-state index in [-0.39, 0.29) is 64.7 Å². The van der Waals surface area contributed by atoms with E-state index >= 15 is 0 Å². The van der Waals surface area contributed by atoms with Crippen molar-refractivity contribution in [1.29, 1.82) is 0 Å². The second kappa shape index (κ2) is 13.3. The molecule has 3 unspecified atom stereocenters. The number of nitrogens with zero attached hydrogens (tertiary/aromatic N) is 1. The zero-order chi connectivity index (χ0) is 34.2. The van der Waals surface area contributed by atoms with Crippen LogP contribution in [0.4, 0.5) is 5.82 Å². The van der Waals surface area contributed by atoms with Gasteiger partial charge in [0.1, 0.15) is 52.5 Å². The molecule has 4 aromatic rings. The summed E-state index contributed by atoms with van der Waals surface area (Å²) in [7, 11) is 0. The quantitative estimate of drug-likeness (QED) is 0.121. The summed E-state index contributed by atoms with van der Waals surface area (Å²) in [5.74, 6) is -1.13. The van der Waals surface area contributed by atoms with Gasteiger partial charge in [0.2, 0.25) is 0 Å². The van der Waals surface area contributed by atoms with Crippen molar-refractivity contribution in [3.05, 3.63) is 87.4 Å². The average Bonchev–Trinajstić information content (AvgIpc) is 3.60. The molecule has 2 aromatic heterocycles. The molecule has 11 nitrogen and oxygen atoms in total. The molecule has 1 saturated carbocycles. The summed E-state index contributed by atoms with van der Waals surface area (Å²) in [6, 6.07) is 10.8. The van der Waals surface area contributed by atoms with Gasteiger partial charge in [0.25, 0.3) is 0 Å². The normalized spacial score (nSPS) is 20.3. The van der Waals surface area contributed by atoms with E-state index in [0.29, 0.717) is 17.0 Å². The molecule has 11 heteroatoms. The number of aliphatic hydroxyl groups excluding tert-OH is 2. The van der Waals surface area contributed by atoms with Crippen molar-refractivity contribution < 1.29 is 39.1 Å². The number of carbonyl (C=O) groups is 1. The molecule has 3 atom stereocenters. The number of allylic oxidation sites excluding steroid dienone is 1. The second-order valence-electron chi connectivity index (χ2n) is 12.8. The number of rotatable bonds is 9. The van der Waals surface area contributed by atoms with Crippen molar-refractivity contribution in [1.82, 2.24) is 4.98 Å². The molecular weight excluding hydrogens is 616 g/mol. The Kier molecular flexibility index (Phi) is 9.18. The lowest BCUT2D eigenvalue weighted by molar-refractivity contribution is -0.167. The fourth-order valence-electron chi connectivity index (χ4n) is 7.18. The Hall–Kier alpha value is -4.87. The van der Waals surface area contributed by atoms with E-state index in [1.165, 1.54) is 12.1 Å². The lowest BCUT2D eigenvalue weighted by Gasteiger charge is -2.46. The molecule has 1 aliphatic carbocycles. The minimum Gasteiger partial charge on any atom is -0.508 e. The van der Waals surface area contributed by atoms with Crippen LogP contribution < -0.4 is 15.9 Å². The van der Waals surface area contributed by atoms with Crippen molar-refractivity contribution in [3.8, 4) is 28.4 Å². The molecular formula is C37H40N2O9. The summed E-state index contributed by atoms with van der Waals surface area (Å²) in [5, 5.41) is 42.8. The number of pyridine rings is 1. The lowest BCUT2D eigenvalue weighted by Crippen LogP contribution is -2.57. The van der Waals surface area contributed by atoms with Crippen LogP contribution in [0, 0.1) is 11.8 Å². The largest absolute Gasteiger partial charge is 0.508 e. The molecule has 48 heavy (non-hydrogen) atoms. The number of ether oxygens (including phenoxy) is 2. The van der Waals surface area contributed by atoms with Crippen molar-refractivity contribution in [2.24, 2.45) is 11.8 Å². The van der Waals surface area contributed by atoms with E-state index in [0.717, 1.165) is 37.3 Å². The van der Waals surface area contributed by atoms with Crippen LogP contribution in [0.3, 0.4) is 0 Å². The standard InChI is InChI=1S/C37H40N2O9/c1-3-26(21-7-4-5-8-21)36(45)47-29-16-27-33(44)32-28(43)15-25(19-41)46-35(32)31(22-9-6-10-24(42)14-22)34(27)48-37(29,2)23(18-40)13-20-11-12-30(38)39-17-20/h3,6,9-12,14-15,17,21,23,29,40-42,44H,4-5,7-8,13,16,18-19H2,1-2H3,(H2,38,39). The van der Waals surface area contributed by atoms with Crippen molar-refractivity contribution in [2.75, 3.05) is 12.3 Å². The molecule has 1 aliphatic heterocycles. The monoisotopic (exact) mass is 656 g/mol. The summed E-state index contributed by atoms with van der Waals surface area (Å²) < 4.78 is 19.2. The van der Waals surface area contributed by atoms with Gasteiger partial charge in [-0.3, -0.25) is 4.79 Å². The van der Waals surface area contributed by atoms with Gasteiger partial charge in [-0.25, -0.2) is 9.78 Å². The molecule has 6 N–H and O–H groups in total. The topological polar surface area (TPSA) is 186 Å². The Morgan fingerprint density at radius 1 is 1.17 bits per heavy atom. The zero-order valence-corrected chi connectivity index (χ0v) is 26.9. The molecule has 0 saturated heterocycles. The van der Waals surface area contributed by atoms with E-state index < -0.39 is 41.4 Å². The summed E-state index contributed by atoms with van der Waals surface area (Å²) in [6.45, 7) is 2.62. The van der Waals surface area contributed by atoms with Crippen LogP contribution in [0.25, 0.3) is 22.1 Å². The Labute approximate surface area is 277 Å². The predicted octanol–water partition coefficient (Wildman–Crippen LogP) is 4.93. The third-order valence-electron chi connectivity index (χ3n) is 9.84. The van der Waals surface area contributed by atoms with E-state index in [1.54, 1.807) is 43.5 Å². The van der Waals surface area contributed by atoms with Gasteiger partial charge >= 0.3 is 5.97 Å². The number of fused-ring (bicyclic) bond motifs is 2. The Morgan fingerprint density at radius 3 is 2.58 bits per heavy atom. The van der Waals surface area contributed by atoms with Crippen LogP contribution in [-0.4, -0.2) is 49.7 Å². The highest BCUT2D eigenvalue weighted by Crippen LogP contribution is 2.52. The Bertz CT molecular complexity index is 1930. The van der Waals surface area contributed by atoms with Gasteiger partial charge in [-0.1, -0.05) is 37.1 Å². The van der Waals surface area contributed by atoms with Gasteiger partial charge in [-0.2, -0.15) is 0 Å². The molecule has 0 radical (unpaired) electrons. The summed E-state index contributed by atoms with van der Waals surface area (Å²) in [5.41, 5.74) is 5.98.